The van der Waals surface area contributed by atoms with Crippen LogP contribution in [0.3, 0.4) is 0 Å². The van der Waals surface area contributed by atoms with Crippen LogP contribution in [0.1, 0.15) is 0 Å². The van der Waals surface area contributed by atoms with Crippen LogP contribution in [0.25, 0.3) is 53.7 Å². The number of methoxy groups -OCH3 is 1. The molecule has 0 aliphatic carbocycles. The van der Waals surface area contributed by atoms with Crippen molar-refractivity contribution in [1.29, 1.82) is 0 Å². The summed E-state index contributed by atoms with van der Waals surface area (Å²) in [7, 11) is 1.52. The van der Waals surface area contributed by atoms with Gasteiger partial charge < -0.3 is 9.84 Å². The third kappa shape index (κ3) is 3.04. The molecule has 0 radical (unpaired) electrons. The minimum absolute atomic E-state index is 0.109. The van der Waals surface area contributed by atoms with Gasteiger partial charge in [0, 0.05) is 25.7 Å². The standard InChI is InChI=1S/C26H17N3O2S/c1-31-26-28-24(27-25(29-26)18-8-4-5-9-21(18)30)17-10-11-22-19(13-17)20-12-15-6-2-3-7-16(15)14-23(20)32-22/h2-14,30H,1H3. The van der Waals surface area contributed by atoms with Crippen molar-refractivity contribution in [2.24, 2.45) is 0 Å². The Kier molecular flexibility index (Phi) is 4.26. The van der Waals surface area contributed by atoms with E-state index in [0.29, 0.717) is 17.2 Å². The van der Waals surface area contributed by atoms with Crippen LogP contribution in [-0.2, 0) is 0 Å². The largest absolute Gasteiger partial charge is 0.507 e. The van der Waals surface area contributed by atoms with E-state index in [1.54, 1.807) is 29.5 Å². The molecule has 5 nitrogen and oxygen atoms in total. The molecule has 0 saturated carbocycles. The molecule has 6 aromatic rings. The number of aromatic nitrogens is 3. The number of rotatable bonds is 3. The molecule has 6 rings (SSSR count). The molecular weight excluding hydrogens is 418 g/mol. The maximum atomic E-state index is 10.3. The number of para-hydroxylation sites is 1. The second-order valence-corrected chi connectivity index (χ2v) is 8.58. The number of phenols is 1. The summed E-state index contributed by atoms with van der Waals surface area (Å²) in [6.07, 6.45) is 0. The van der Waals surface area contributed by atoms with Gasteiger partial charge in [0.1, 0.15) is 5.75 Å². The van der Waals surface area contributed by atoms with E-state index in [1.165, 1.54) is 32.7 Å². The Bertz CT molecular complexity index is 1640. The van der Waals surface area contributed by atoms with Gasteiger partial charge in [-0.15, -0.1) is 11.3 Å². The lowest BCUT2D eigenvalue weighted by Crippen LogP contribution is -2.00. The molecule has 0 atom stereocenters. The lowest BCUT2D eigenvalue weighted by atomic mass is 10.0. The molecule has 1 N–H and O–H groups in total. The zero-order valence-electron chi connectivity index (χ0n) is 17.1. The number of thiophene rings is 1. The summed E-state index contributed by atoms with van der Waals surface area (Å²) in [4.78, 5) is 13.5. The summed E-state index contributed by atoms with van der Waals surface area (Å²) in [6.45, 7) is 0. The summed E-state index contributed by atoms with van der Waals surface area (Å²) in [5.41, 5.74) is 1.39. The third-order valence-corrected chi connectivity index (χ3v) is 6.67. The van der Waals surface area contributed by atoms with E-state index >= 15 is 0 Å². The number of fused-ring (bicyclic) bond motifs is 4. The summed E-state index contributed by atoms with van der Waals surface area (Å²) < 4.78 is 7.79. The molecule has 0 aliphatic heterocycles. The highest BCUT2D eigenvalue weighted by molar-refractivity contribution is 7.25. The first-order chi connectivity index (χ1) is 15.7. The van der Waals surface area contributed by atoms with Crippen molar-refractivity contribution in [3.63, 3.8) is 0 Å². The maximum Gasteiger partial charge on any atom is 0.320 e. The third-order valence-electron chi connectivity index (χ3n) is 5.54. The molecule has 6 heteroatoms. The molecule has 154 valence electrons. The second kappa shape index (κ2) is 7.28. The van der Waals surface area contributed by atoms with E-state index in [0.717, 1.165) is 10.9 Å². The SMILES string of the molecule is COc1nc(-c2ccc3sc4cc5ccccc5cc4c3c2)nc(-c2ccccc2O)n1. The fourth-order valence-electron chi connectivity index (χ4n) is 3.96. The van der Waals surface area contributed by atoms with Gasteiger partial charge in [-0.3, -0.25) is 0 Å². The highest BCUT2D eigenvalue weighted by Gasteiger charge is 2.15. The normalized spacial score (nSPS) is 11.4. The smallest absolute Gasteiger partial charge is 0.320 e. The van der Waals surface area contributed by atoms with Crippen molar-refractivity contribution in [1.82, 2.24) is 15.0 Å². The second-order valence-electron chi connectivity index (χ2n) is 7.49. The van der Waals surface area contributed by atoms with Gasteiger partial charge >= 0.3 is 6.01 Å². The zero-order chi connectivity index (χ0) is 21.7. The predicted molar refractivity (Wildman–Crippen MR) is 129 cm³/mol. The molecule has 0 unspecified atom stereocenters. The molecule has 0 fully saturated rings. The molecule has 0 spiro atoms. The molecule has 0 bridgehead atoms. The van der Waals surface area contributed by atoms with Gasteiger partial charge in [0.05, 0.1) is 12.7 Å². The van der Waals surface area contributed by atoms with Crippen LogP contribution in [0.4, 0.5) is 0 Å². The molecule has 0 aliphatic rings. The van der Waals surface area contributed by atoms with Gasteiger partial charge in [-0.1, -0.05) is 36.4 Å². The molecular formula is C26H17N3O2S. The predicted octanol–water partition coefficient (Wildman–Crippen LogP) is 6.44. The first kappa shape index (κ1) is 18.7. The lowest BCUT2D eigenvalue weighted by molar-refractivity contribution is 0.379. The molecule has 0 saturated heterocycles. The number of benzene rings is 4. The lowest BCUT2D eigenvalue weighted by Gasteiger charge is -2.08. The molecule has 2 heterocycles. The Morgan fingerprint density at radius 2 is 1.44 bits per heavy atom. The summed E-state index contributed by atoms with van der Waals surface area (Å²) in [5.74, 6) is 0.973. The maximum absolute atomic E-state index is 10.3. The van der Waals surface area contributed by atoms with E-state index in [2.05, 4.69) is 63.5 Å². The van der Waals surface area contributed by atoms with E-state index in [4.69, 9.17) is 4.74 Å². The van der Waals surface area contributed by atoms with Crippen LogP contribution < -0.4 is 4.74 Å². The highest BCUT2D eigenvalue weighted by atomic mass is 32.1. The van der Waals surface area contributed by atoms with E-state index < -0.39 is 0 Å². The number of ether oxygens (including phenoxy) is 1. The number of nitrogens with zero attached hydrogens (tertiary/aromatic N) is 3. The van der Waals surface area contributed by atoms with Crippen LogP contribution in [-0.4, -0.2) is 27.2 Å². The van der Waals surface area contributed by atoms with Gasteiger partial charge in [0.2, 0.25) is 0 Å². The van der Waals surface area contributed by atoms with Crippen LogP contribution in [0.5, 0.6) is 11.8 Å². The minimum Gasteiger partial charge on any atom is -0.507 e. The van der Waals surface area contributed by atoms with Gasteiger partial charge in [-0.2, -0.15) is 9.97 Å². The zero-order valence-corrected chi connectivity index (χ0v) is 17.9. The van der Waals surface area contributed by atoms with Crippen LogP contribution in [0, 0.1) is 0 Å². The number of hydrogen-bond donors (Lipinski definition) is 1. The van der Waals surface area contributed by atoms with E-state index in [-0.39, 0.29) is 11.8 Å². The fourth-order valence-corrected chi connectivity index (χ4v) is 5.08. The van der Waals surface area contributed by atoms with E-state index in [1.807, 2.05) is 12.1 Å². The number of hydrogen-bond acceptors (Lipinski definition) is 6. The summed E-state index contributed by atoms with van der Waals surface area (Å²) in [6, 6.07) is 26.3. The van der Waals surface area contributed by atoms with Crippen LogP contribution in [0.2, 0.25) is 0 Å². The highest BCUT2D eigenvalue weighted by Crippen LogP contribution is 2.38. The average Bonchev–Trinajstić information content (AvgIpc) is 3.19. The topological polar surface area (TPSA) is 68.1 Å². The fraction of sp³-hybridized carbons (Fsp3) is 0.0385. The van der Waals surface area contributed by atoms with Crippen molar-refractivity contribution in [2.75, 3.05) is 7.11 Å². The Labute approximate surface area is 187 Å². The summed E-state index contributed by atoms with van der Waals surface area (Å²) in [5, 5.41) is 15.1. The molecule has 0 amide bonds. The Morgan fingerprint density at radius 1 is 0.719 bits per heavy atom. The van der Waals surface area contributed by atoms with Gasteiger partial charge in [0.25, 0.3) is 0 Å². The molecule has 2 aromatic heterocycles. The Morgan fingerprint density at radius 3 is 2.25 bits per heavy atom. The van der Waals surface area contributed by atoms with Crippen molar-refractivity contribution in [3.05, 3.63) is 78.9 Å². The first-order valence-electron chi connectivity index (χ1n) is 10.1. The van der Waals surface area contributed by atoms with Crippen molar-refractivity contribution in [3.8, 4) is 34.5 Å². The number of phenolic OH excluding ortho intramolecular Hbond substituents is 1. The van der Waals surface area contributed by atoms with Crippen molar-refractivity contribution >= 4 is 42.3 Å². The first-order valence-corrected chi connectivity index (χ1v) is 10.9. The monoisotopic (exact) mass is 435 g/mol. The molecule has 4 aromatic carbocycles. The molecule has 32 heavy (non-hydrogen) atoms. The van der Waals surface area contributed by atoms with Crippen molar-refractivity contribution in [2.45, 2.75) is 0 Å². The minimum atomic E-state index is 0.109. The van der Waals surface area contributed by atoms with Crippen LogP contribution in [0.15, 0.2) is 78.9 Å². The average molecular weight is 436 g/mol. The van der Waals surface area contributed by atoms with Crippen molar-refractivity contribution < 1.29 is 9.84 Å². The van der Waals surface area contributed by atoms with Crippen LogP contribution >= 0.6 is 11.3 Å². The van der Waals surface area contributed by atoms with E-state index in [9.17, 15) is 5.11 Å². The Hall–Kier alpha value is -4.03. The van der Waals surface area contributed by atoms with Gasteiger partial charge in [0.15, 0.2) is 11.6 Å². The quantitative estimate of drug-likeness (QED) is 0.346. The van der Waals surface area contributed by atoms with Gasteiger partial charge in [-0.25, -0.2) is 4.98 Å². The summed E-state index contributed by atoms with van der Waals surface area (Å²) >= 11 is 1.78. The van der Waals surface area contributed by atoms with Gasteiger partial charge in [-0.05, 0) is 53.2 Å². The Balaban J connectivity index is 1.56. The number of aromatic hydroxyl groups is 1.